The molecule has 1 N–H and O–H groups in total. The Morgan fingerprint density at radius 3 is 2.53 bits per heavy atom. The van der Waals surface area contributed by atoms with Gasteiger partial charge in [-0.2, -0.15) is 0 Å². The number of benzene rings is 3. The lowest BCUT2D eigenvalue weighted by molar-refractivity contribution is -0.113. The zero-order chi connectivity index (χ0) is 22.5. The first-order chi connectivity index (χ1) is 15.6. The molecule has 0 saturated heterocycles. The fourth-order valence-electron chi connectivity index (χ4n) is 3.32. The van der Waals surface area contributed by atoms with E-state index in [1.54, 1.807) is 32.4 Å². The molecule has 1 heterocycles. The number of rotatable bonds is 7. The van der Waals surface area contributed by atoms with E-state index < -0.39 is 0 Å². The van der Waals surface area contributed by atoms with E-state index >= 15 is 0 Å². The first-order valence-corrected chi connectivity index (χ1v) is 11.0. The van der Waals surface area contributed by atoms with Gasteiger partial charge >= 0.3 is 0 Å². The Morgan fingerprint density at radius 2 is 1.78 bits per heavy atom. The van der Waals surface area contributed by atoms with Crippen LogP contribution in [0, 0.1) is 6.92 Å². The number of methoxy groups -OCH3 is 2. The molecule has 0 atom stereocenters. The molecule has 0 aliphatic heterocycles. The summed E-state index contributed by atoms with van der Waals surface area (Å²) in [6.45, 7) is 2.03. The van der Waals surface area contributed by atoms with Crippen molar-refractivity contribution in [3.8, 4) is 22.9 Å². The van der Waals surface area contributed by atoms with Crippen molar-refractivity contribution in [3.05, 3.63) is 72.3 Å². The highest BCUT2D eigenvalue weighted by Gasteiger charge is 2.14. The number of para-hydroxylation sites is 1. The Balaban J connectivity index is 1.59. The van der Waals surface area contributed by atoms with Crippen LogP contribution in [0.15, 0.2) is 71.8 Å². The number of hydrogen-bond acceptors (Lipinski definition) is 6. The largest absolute Gasteiger partial charge is 0.497 e. The quantitative estimate of drug-likeness (QED) is 0.305. The van der Waals surface area contributed by atoms with E-state index in [0.29, 0.717) is 23.0 Å². The van der Waals surface area contributed by atoms with Gasteiger partial charge in [0, 0.05) is 17.0 Å². The molecule has 4 rings (SSSR count). The molecule has 0 aliphatic carbocycles. The zero-order valence-corrected chi connectivity index (χ0v) is 18.9. The van der Waals surface area contributed by atoms with Crippen molar-refractivity contribution in [2.45, 2.75) is 11.9 Å². The average molecular weight is 446 g/mol. The number of thioether (sulfide) groups is 1. The minimum Gasteiger partial charge on any atom is -0.497 e. The number of fused-ring (bicyclic) bond motifs is 1. The normalized spacial score (nSPS) is 10.7. The highest BCUT2D eigenvalue weighted by atomic mass is 32.2. The molecule has 1 aromatic heterocycles. The smallest absolute Gasteiger partial charge is 0.234 e. The third-order valence-electron chi connectivity index (χ3n) is 4.95. The number of carbonyl (C=O) groups is 1. The Bertz CT molecular complexity index is 1260. The number of nitrogens with one attached hydrogen (secondary N) is 1. The van der Waals surface area contributed by atoms with E-state index in [2.05, 4.69) is 5.32 Å². The van der Waals surface area contributed by atoms with Crippen molar-refractivity contribution in [2.24, 2.45) is 0 Å². The first-order valence-electron chi connectivity index (χ1n) is 10.1. The number of ether oxygens (including phenoxy) is 2. The summed E-state index contributed by atoms with van der Waals surface area (Å²) < 4.78 is 10.6. The maximum absolute atomic E-state index is 12.7. The maximum atomic E-state index is 12.7. The van der Waals surface area contributed by atoms with Gasteiger partial charge in [-0.3, -0.25) is 4.79 Å². The van der Waals surface area contributed by atoms with Gasteiger partial charge in [-0.1, -0.05) is 60.3 Å². The molecule has 0 unspecified atom stereocenters. The number of aryl methyl sites for hydroxylation is 1. The van der Waals surface area contributed by atoms with Crippen LogP contribution >= 0.6 is 11.8 Å². The van der Waals surface area contributed by atoms with Gasteiger partial charge in [-0.25, -0.2) is 9.97 Å². The van der Waals surface area contributed by atoms with Gasteiger partial charge in [-0.15, -0.1) is 0 Å². The van der Waals surface area contributed by atoms with E-state index in [1.807, 2.05) is 55.5 Å². The lowest BCUT2D eigenvalue weighted by atomic mass is 10.1. The van der Waals surface area contributed by atoms with Crippen molar-refractivity contribution in [2.75, 3.05) is 25.3 Å². The molecule has 0 fully saturated rings. The maximum Gasteiger partial charge on any atom is 0.234 e. The molecule has 0 spiro atoms. The molecular formula is C25H23N3O3S. The summed E-state index contributed by atoms with van der Waals surface area (Å²) >= 11 is 1.39. The predicted octanol–water partition coefficient (Wildman–Crippen LogP) is 5.35. The molecule has 7 heteroatoms. The van der Waals surface area contributed by atoms with Crippen LogP contribution in [0.1, 0.15) is 5.56 Å². The van der Waals surface area contributed by atoms with Crippen molar-refractivity contribution in [3.63, 3.8) is 0 Å². The second kappa shape index (κ2) is 9.70. The van der Waals surface area contributed by atoms with Crippen LogP contribution in [0.5, 0.6) is 11.5 Å². The number of nitrogens with zero attached hydrogens (tertiary/aromatic N) is 2. The summed E-state index contributed by atoms with van der Waals surface area (Å²) in [6, 6.07) is 21.1. The minimum absolute atomic E-state index is 0.154. The van der Waals surface area contributed by atoms with Gasteiger partial charge < -0.3 is 14.8 Å². The molecule has 0 bridgehead atoms. The molecule has 1 amide bonds. The van der Waals surface area contributed by atoms with Crippen LogP contribution in [-0.2, 0) is 4.79 Å². The van der Waals surface area contributed by atoms with Gasteiger partial charge in [0.25, 0.3) is 0 Å². The summed E-state index contributed by atoms with van der Waals surface area (Å²) in [4.78, 5) is 22.3. The second-order valence-electron chi connectivity index (χ2n) is 7.09. The second-order valence-corrected chi connectivity index (χ2v) is 8.06. The number of anilines is 1. The molecule has 0 radical (unpaired) electrons. The summed E-state index contributed by atoms with van der Waals surface area (Å²) in [5.74, 6) is 1.89. The van der Waals surface area contributed by atoms with Crippen LogP contribution in [0.25, 0.3) is 22.3 Å². The number of carbonyl (C=O) groups excluding carboxylic acids is 1. The van der Waals surface area contributed by atoms with Crippen molar-refractivity contribution in [1.82, 2.24) is 9.97 Å². The van der Waals surface area contributed by atoms with Gasteiger partial charge in [0.1, 0.15) is 16.5 Å². The third kappa shape index (κ3) is 4.68. The Kier molecular flexibility index (Phi) is 6.56. The fourth-order valence-corrected chi connectivity index (χ4v) is 4.13. The van der Waals surface area contributed by atoms with Gasteiger partial charge in [0.2, 0.25) is 5.91 Å². The SMILES string of the molecule is COc1ccc(NC(=O)CSc2nc(-c3ccccc3)nc3c(C)cccc23)c(OC)c1. The zero-order valence-electron chi connectivity index (χ0n) is 18.1. The molecule has 6 nitrogen and oxygen atoms in total. The number of amides is 1. The Labute approximate surface area is 191 Å². The molecule has 0 aliphatic rings. The Hall–Kier alpha value is -3.58. The fraction of sp³-hybridized carbons (Fsp3) is 0.160. The van der Waals surface area contributed by atoms with E-state index in [1.165, 1.54) is 11.8 Å². The van der Waals surface area contributed by atoms with Crippen molar-refractivity contribution in [1.29, 1.82) is 0 Å². The van der Waals surface area contributed by atoms with Gasteiger partial charge in [0.05, 0.1) is 31.2 Å². The predicted molar refractivity (Wildman–Crippen MR) is 129 cm³/mol. The molecule has 3 aromatic carbocycles. The van der Waals surface area contributed by atoms with Crippen LogP contribution in [0.2, 0.25) is 0 Å². The van der Waals surface area contributed by atoms with Crippen molar-refractivity contribution < 1.29 is 14.3 Å². The van der Waals surface area contributed by atoms with E-state index in [0.717, 1.165) is 27.1 Å². The summed E-state index contributed by atoms with van der Waals surface area (Å²) in [5.41, 5.74) is 3.48. The summed E-state index contributed by atoms with van der Waals surface area (Å²) in [6.07, 6.45) is 0. The highest BCUT2D eigenvalue weighted by molar-refractivity contribution is 8.00. The van der Waals surface area contributed by atoms with Crippen LogP contribution in [0.4, 0.5) is 5.69 Å². The standard InChI is InChI=1S/C25H23N3O3S/c1-16-8-7-11-19-23(16)27-24(17-9-5-4-6-10-17)28-25(19)32-15-22(29)26-20-13-12-18(30-2)14-21(20)31-3/h4-14H,15H2,1-3H3,(H,26,29). The average Bonchev–Trinajstić information content (AvgIpc) is 2.83. The highest BCUT2D eigenvalue weighted by Crippen LogP contribution is 2.31. The van der Waals surface area contributed by atoms with Crippen molar-refractivity contribution >= 4 is 34.3 Å². The summed E-state index contributed by atoms with van der Waals surface area (Å²) in [7, 11) is 3.14. The number of hydrogen-bond donors (Lipinski definition) is 1. The molecule has 32 heavy (non-hydrogen) atoms. The minimum atomic E-state index is -0.154. The van der Waals surface area contributed by atoms with E-state index in [9.17, 15) is 4.79 Å². The lowest BCUT2D eigenvalue weighted by Gasteiger charge is -2.12. The monoisotopic (exact) mass is 445 g/mol. The number of aromatic nitrogens is 2. The van der Waals surface area contributed by atoms with Gasteiger partial charge in [-0.05, 0) is 24.6 Å². The van der Waals surface area contributed by atoms with Crippen LogP contribution in [-0.4, -0.2) is 35.8 Å². The summed E-state index contributed by atoms with van der Waals surface area (Å²) in [5, 5.41) is 4.61. The van der Waals surface area contributed by atoms with E-state index in [4.69, 9.17) is 19.4 Å². The lowest BCUT2D eigenvalue weighted by Crippen LogP contribution is -2.15. The third-order valence-corrected chi connectivity index (χ3v) is 5.94. The first kappa shape index (κ1) is 21.6. The molecule has 4 aromatic rings. The Morgan fingerprint density at radius 1 is 0.969 bits per heavy atom. The molecular weight excluding hydrogens is 422 g/mol. The topological polar surface area (TPSA) is 73.3 Å². The van der Waals surface area contributed by atoms with Crippen LogP contribution in [0.3, 0.4) is 0 Å². The van der Waals surface area contributed by atoms with E-state index in [-0.39, 0.29) is 11.7 Å². The van der Waals surface area contributed by atoms with Crippen LogP contribution < -0.4 is 14.8 Å². The van der Waals surface area contributed by atoms with Gasteiger partial charge in [0.15, 0.2) is 5.82 Å². The molecule has 162 valence electrons. The molecule has 0 saturated carbocycles.